The van der Waals surface area contributed by atoms with E-state index in [1.54, 1.807) is 23.1 Å². The molecule has 4 rings (SSSR count). The summed E-state index contributed by atoms with van der Waals surface area (Å²) in [7, 11) is 0. The summed E-state index contributed by atoms with van der Waals surface area (Å²) in [6.07, 6.45) is 1.64. The lowest BCUT2D eigenvalue weighted by molar-refractivity contribution is 0.0696. The number of ether oxygens (including phenoxy) is 1. The summed E-state index contributed by atoms with van der Waals surface area (Å²) in [6.45, 7) is 5.76. The molecule has 0 radical (unpaired) electrons. The minimum atomic E-state index is -0.439. The van der Waals surface area contributed by atoms with Gasteiger partial charge in [-0.15, -0.1) is 0 Å². The first-order valence-corrected chi connectivity index (χ1v) is 10.2. The summed E-state index contributed by atoms with van der Waals surface area (Å²) in [4.78, 5) is 28.3. The lowest BCUT2D eigenvalue weighted by Gasteiger charge is -2.25. The standard InChI is InChI=1S/C24H25NO4/c1-3-16-10-12-17(13-11-16)21-20-22(26)18-8-5-6-9-19(18)29-23(20)24(27)25(21)14-7-15-28-4-2/h5-6,8-13,21H,3-4,7,14-15H2,1-2H3/t21-/m0/s1. The van der Waals surface area contributed by atoms with Gasteiger partial charge >= 0.3 is 0 Å². The molecule has 0 saturated carbocycles. The van der Waals surface area contributed by atoms with E-state index in [1.165, 1.54) is 5.56 Å². The van der Waals surface area contributed by atoms with Crippen molar-refractivity contribution in [3.05, 3.63) is 81.2 Å². The van der Waals surface area contributed by atoms with Crippen LogP contribution in [0.5, 0.6) is 0 Å². The Balaban J connectivity index is 1.82. The van der Waals surface area contributed by atoms with Crippen molar-refractivity contribution >= 4 is 16.9 Å². The molecule has 0 unspecified atom stereocenters. The summed E-state index contributed by atoms with van der Waals surface area (Å²) in [6, 6.07) is 14.8. The highest BCUT2D eigenvalue weighted by atomic mass is 16.5. The van der Waals surface area contributed by atoms with Gasteiger partial charge in [-0.3, -0.25) is 9.59 Å². The molecule has 0 spiro atoms. The van der Waals surface area contributed by atoms with Crippen LogP contribution in [-0.4, -0.2) is 30.6 Å². The Labute approximate surface area is 169 Å². The van der Waals surface area contributed by atoms with Crippen LogP contribution >= 0.6 is 0 Å². The van der Waals surface area contributed by atoms with Gasteiger partial charge in [-0.2, -0.15) is 0 Å². The van der Waals surface area contributed by atoms with E-state index in [9.17, 15) is 9.59 Å². The van der Waals surface area contributed by atoms with Gasteiger partial charge in [-0.25, -0.2) is 0 Å². The molecule has 1 aliphatic heterocycles. The number of benzene rings is 2. The zero-order chi connectivity index (χ0) is 20.4. The summed E-state index contributed by atoms with van der Waals surface area (Å²) >= 11 is 0. The van der Waals surface area contributed by atoms with Crippen molar-refractivity contribution in [1.82, 2.24) is 4.90 Å². The molecule has 2 aromatic carbocycles. The molecule has 29 heavy (non-hydrogen) atoms. The molecule has 1 aromatic heterocycles. The van der Waals surface area contributed by atoms with Crippen molar-refractivity contribution in [2.45, 2.75) is 32.7 Å². The third-order valence-electron chi connectivity index (χ3n) is 5.47. The highest BCUT2D eigenvalue weighted by Gasteiger charge is 2.42. The topological polar surface area (TPSA) is 59.8 Å². The molecule has 1 aliphatic rings. The fourth-order valence-corrected chi connectivity index (χ4v) is 3.96. The number of carbonyl (C=O) groups excluding carboxylic acids is 1. The lowest BCUT2D eigenvalue weighted by atomic mass is 9.97. The van der Waals surface area contributed by atoms with Gasteiger partial charge in [0.1, 0.15) is 5.58 Å². The SMILES string of the molecule is CCOCCCN1C(=O)c2oc3ccccc3c(=O)c2[C@@H]1c1ccc(CC)cc1. The van der Waals surface area contributed by atoms with Crippen LogP contribution in [0.4, 0.5) is 0 Å². The molecule has 2 heterocycles. The number of carbonyl (C=O) groups is 1. The van der Waals surface area contributed by atoms with Crippen LogP contribution in [0.25, 0.3) is 11.0 Å². The molecule has 3 aromatic rings. The number of nitrogens with zero attached hydrogens (tertiary/aromatic N) is 1. The average Bonchev–Trinajstić information content (AvgIpc) is 3.03. The Morgan fingerprint density at radius 2 is 1.79 bits per heavy atom. The van der Waals surface area contributed by atoms with E-state index in [0.717, 1.165) is 12.0 Å². The third kappa shape index (κ3) is 3.47. The molecule has 0 aliphatic carbocycles. The number of fused-ring (bicyclic) bond motifs is 2. The molecular formula is C24H25NO4. The minimum absolute atomic E-state index is 0.132. The first-order valence-electron chi connectivity index (χ1n) is 10.2. The first kappa shape index (κ1) is 19.4. The van der Waals surface area contributed by atoms with E-state index in [4.69, 9.17) is 9.15 Å². The normalized spacial score (nSPS) is 15.9. The van der Waals surface area contributed by atoms with E-state index < -0.39 is 6.04 Å². The van der Waals surface area contributed by atoms with Gasteiger partial charge in [0.05, 0.1) is 17.0 Å². The van der Waals surface area contributed by atoms with Crippen molar-refractivity contribution < 1.29 is 13.9 Å². The van der Waals surface area contributed by atoms with Gasteiger partial charge in [0.15, 0.2) is 5.43 Å². The van der Waals surface area contributed by atoms with Crippen LogP contribution in [-0.2, 0) is 11.2 Å². The Kier molecular flexibility index (Phi) is 5.49. The third-order valence-corrected chi connectivity index (χ3v) is 5.47. The van der Waals surface area contributed by atoms with Crippen molar-refractivity contribution in [3.8, 4) is 0 Å². The van der Waals surface area contributed by atoms with E-state index in [1.807, 2.05) is 25.1 Å². The van der Waals surface area contributed by atoms with Crippen LogP contribution in [0.2, 0.25) is 0 Å². The fraction of sp³-hybridized carbons (Fsp3) is 0.333. The molecule has 5 nitrogen and oxygen atoms in total. The maximum atomic E-state index is 13.3. The second-order valence-electron chi connectivity index (χ2n) is 7.22. The zero-order valence-corrected chi connectivity index (χ0v) is 16.8. The summed E-state index contributed by atoms with van der Waals surface area (Å²) in [5, 5.41) is 0.505. The molecule has 0 N–H and O–H groups in total. The highest BCUT2D eigenvalue weighted by molar-refractivity contribution is 5.99. The number of aryl methyl sites for hydroxylation is 1. The lowest BCUT2D eigenvalue weighted by Crippen LogP contribution is -2.31. The van der Waals surface area contributed by atoms with Gasteiger partial charge in [-0.1, -0.05) is 43.3 Å². The fourth-order valence-electron chi connectivity index (χ4n) is 3.96. The van der Waals surface area contributed by atoms with Crippen LogP contribution in [0.3, 0.4) is 0 Å². The Hall–Kier alpha value is -2.92. The van der Waals surface area contributed by atoms with Crippen LogP contribution in [0.1, 0.15) is 53.6 Å². The summed E-state index contributed by atoms with van der Waals surface area (Å²) in [5.41, 5.74) is 2.89. The van der Waals surface area contributed by atoms with Crippen molar-refractivity contribution in [2.75, 3.05) is 19.8 Å². The van der Waals surface area contributed by atoms with E-state index in [-0.39, 0.29) is 17.1 Å². The van der Waals surface area contributed by atoms with E-state index in [0.29, 0.717) is 42.7 Å². The molecule has 0 fully saturated rings. The number of para-hydroxylation sites is 1. The summed E-state index contributed by atoms with van der Waals surface area (Å²) < 4.78 is 11.4. The maximum absolute atomic E-state index is 13.3. The van der Waals surface area contributed by atoms with Gasteiger partial charge in [-0.05, 0) is 43.0 Å². The zero-order valence-electron chi connectivity index (χ0n) is 16.8. The molecule has 0 saturated heterocycles. The Morgan fingerprint density at radius 3 is 2.52 bits per heavy atom. The average molecular weight is 391 g/mol. The molecular weight excluding hydrogens is 366 g/mol. The van der Waals surface area contributed by atoms with Crippen LogP contribution < -0.4 is 5.43 Å². The molecule has 5 heteroatoms. The van der Waals surface area contributed by atoms with Crippen LogP contribution in [0.15, 0.2) is 57.7 Å². The Bertz CT molecular complexity index is 1080. The number of rotatable bonds is 7. The number of hydrogen-bond donors (Lipinski definition) is 0. The monoisotopic (exact) mass is 391 g/mol. The first-order chi connectivity index (χ1) is 14.2. The number of hydrogen-bond acceptors (Lipinski definition) is 4. The molecule has 1 amide bonds. The van der Waals surface area contributed by atoms with E-state index >= 15 is 0 Å². The molecule has 150 valence electrons. The predicted octanol–water partition coefficient (Wildman–Crippen LogP) is 4.33. The maximum Gasteiger partial charge on any atom is 0.290 e. The largest absolute Gasteiger partial charge is 0.450 e. The van der Waals surface area contributed by atoms with Crippen LogP contribution in [0, 0.1) is 0 Å². The molecule has 0 bridgehead atoms. The second-order valence-corrected chi connectivity index (χ2v) is 7.22. The quantitative estimate of drug-likeness (QED) is 0.563. The molecule has 1 atom stereocenters. The predicted molar refractivity (Wildman–Crippen MR) is 112 cm³/mol. The van der Waals surface area contributed by atoms with Gasteiger partial charge < -0.3 is 14.1 Å². The minimum Gasteiger partial charge on any atom is -0.450 e. The Morgan fingerprint density at radius 1 is 1.03 bits per heavy atom. The smallest absolute Gasteiger partial charge is 0.290 e. The van der Waals surface area contributed by atoms with E-state index in [2.05, 4.69) is 19.1 Å². The van der Waals surface area contributed by atoms with Crippen molar-refractivity contribution in [1.29, 1.82) is 0 Å². The van der Waals surface area contributed by atoms with Crippen molar-refractivity contribution in [3.63, 3.8) is 0 Å². The second kappa shape index (κ2) is 8.21. The summed E-state index contributed by atoms with van der Waals surface area (Å²) in [5.74, 6) is -0.0707. The van der Waals surface area contributed by atoms with Gasteiger partial charge in [0.25, 0.3) is 5.91 Å². The van der Waals surface area contributed by atoms with Gasteiger partial charge in [0, 0.05) is 19.8 Å². The number of amides is 1. The van der Waals surface area contributed by atoms with Gasteiger partial charge in [0.2, 0.25) is 5.76 Å². The highest BCUT2D eigenvalue weighted by Crippen LogP contribution is 2.38. The van der Waals surface area contributed by atoms with Crippen molar-refractivity contribution in [2.24, 2.45) is 0 Å².